The highest BCUT2D eigenvalue weighted by atomic mass is 35.5. The Kier molecular flexibility index (Phi) is 3.79. The average molecular weight is 282 g/mol. The molecule has 0 radical (unpaired) electrons. The van der Waals surface area contributed by atoms with Crippen molar-refractivity contribution in [1.82, 2.24) is 4.57 Å². The molecule has 0 aliphatic rings. The van der Waals surface area contributed by atoms with Crippen molar-refractivity contribution in [1.29, 1.82) is 0 Å². The fourth-order valence-electron chi connectivity index (χ4n) is 1.89. The molecule has 0 saturated carbocycles. The molecule has 0 bridgehead atoms. The summed E-state index contributed by atoms with van der Waals surface area (Å²) < 4.78 is 1.94. The molecule has 1 aromatic carbocycles. The number of alkyl halides is 1. The van der Waals surface area contributed by atoms with Crippen LogP contribution in [0.3, 0.4) is 0 Å². The molecule has 2 nitrogen and oxygen atoms in total. The first-order valence-electron chi connectivity index (χ1n) is 5.58. The molecule has 0 unspecified atom stereocenters. The van der Waals surface area contributed by atoms with Crippen LogP contribution in [0.25, 0.3) is 5.69 Å². The first-order chi connectivity index (χ1) is 8.54. The normalized spacial score (nSPS) is 10.7. The van der Waals surface area contributed by atoms with Crippen LogP contribution in [-0.2, 0) is 5.88 Å². The van der Waals surface area contributed by atoms with E-state index in [2.05, 4.69) is 0 Å². The minimum atomic E-state index is -0.0292. The molecule has 1 heterocycles. The van der Waals surface area contributed by atoms with Gasteiger partial charge in [0.15, 0.2) is 5.43 Å². The molecule has 0 saturated heterocycles. The van der Waals surface area contributed by atoms with E-state index < -0.39 is 0 Å². The van der Waals surface area contributed by atoms with Crippen LogP contribution in [0.2, 0.25) is 5.02 Å². The predicted octanol–water partition coefficient (Wildman–Crippen LogP) is 3.85. The van der Waals surface area contributed by atoms with Crippen LogP contribution in [0.15, 0.2) is 35.3 Å². The van der Waals surface area contributed by atoms with Crippen molar-refractivity contribution < 1.29 is 0 Å². The number of hydrogen-bond donors (Lipinski definition) is 0. The van der Waals surface area contributed by atoms with Gasteiger partial charge in [0.05, 0.1) is 5.88 Å². The Morgan fingerprint density at radius 3 is 2.67 bits per heavy atom. The summed E-state index contributed by atoms with van der Waals surface area (Å²) in [5.74, 6) is 0.207. The van der Waals surface area contributed by atoms with Gasteiger partial charge in [0.1, 0.15) is 0 Å². The summed E-state index contributed by atoms with van der Waals surface area (Å²) in [5, 5.41) is 0.707. The lowest BCUT2D eigenvalue weighted by Gasteiger charge is -2.15. The van der Waals surface area contributed by atoms with E-state index in [9.17, 15) is 4.79 Å². The summed E-state index contributed by atoms with van der Waals surface area (Å²) in [6.45, 7) is 3.84. The molecule has 0 N–H and O–H groups in total. The van der Waals surface area contributed by atoms with Crippen molar-refractivity contribution in [2.24, 2.45) is 0 Å². The monoisotopic (exact) mass is 281 g/mol. The fraction of sp³-hybridized carbons (Fsp3) is 0.214. The van der Waals surface area contributed by atoms with Gasteiger partial charge < -0.3 is 4.57 Å². The van der Waals surface area contributed by atoms with E-state index in [1.807, 2.05) is 36.6 Å². The number of pyridine rings is 1. The maximum Gasteiger partial charge on any atom is 0.186 e. The molecule has 4 heteroatoms. The lowest BCUT2D eigenvalue weighted by Crippen LogP contribution is -2.13. The van der Waals surface area contributed by atoms with Gasteiger partial charge in [-0.15, -0.1) is 11.6 Å². The molecule has 0 aliphatic carbocycles. The van der Waals surface area contributed by atoms with Gasteiger partial charge in [-0.1, -0.05) is 17.7 Å². The average Bonchev–Trinajstić information content (AvgIpc) is 2.34. The van der Waals surface area contributed by atoms with Crippen LogP contribution in [0.4, 0.5) is 0 Å². The van der Waals surface area contributed by atoms with Gasteiger partial charge in [0.25, 0.3) is 0 Å². The van der Waals surface area contributed by atoms with Crippen LogP contribution in [0, 0.1) is 13.8 Å². The number of benzene rings is 1. The second-order valence-electron chi connectivity index (χ2n) is 4.19. The summed E-state index contributed by atoms with van der Waals surface area (Å²) >= 11 is 11.9. The van der Waals surface area contributed by atoms with E-state index in [4.69, 9.17) is 23.2 Å². The summed E-state index contributed by atoms with van der Waals surface area (Å²) in [5.41, 5.74) is 3.36. The number of hydrogen-bond acceptors (Lipinski definition) is 1. The van der Waals surface area contributed by atoms with Crippen molar-refractivity contribution in [3.05, 3.63) is 62.5 Å². The maximum absolute atomic E-state index is 11.7. The second-order valence-corrected chi connectivity index (χ2v) is 4.87. The summed E-state index contributed by atoms with van der Waals surface area (Å²) in [6, 6.07) is 7.30. The van der Waals surface area contributed by atoms with Crippen molar-refractivity contribution in [2.75, 3.05) is 0 Å². The van der Waals surface area contributed by atoms with E-state index in [1.165, 1.54) is 0 Å². The van der Waals surface area contributed by atoms with Crippen molar-refractivity contribution in [3.8, 4) is 5.69 Å². The molecule has 18 heavy (non-hydrogen) atoms. The predicted molar refractivity (Wildman–Crippen MR) is 76.1 cm³/mol. The van der Waals surface area contributed by atoms with E-state index in [0.29, 0.717) is 10.6 Å². The highest BCUT2D eigenvalue weighted by molar-refractivity contribution is 6.31. The number of aryl methyl sites for hydroxylation is 1. The maximum atomic E-state index is 11.7. The van der Waals surface area contributed by atoms with Crippen molar-refractivity contribution >= 4 is 23.2 Å². The molecule has 0 amide bonds. The van der Waals surface area contributed by atoms with Gasteiger partial charge in [-0.05, 0) is 31.5 Å². The molecule has 94 valence electrons. The number of rotatable bonds is 2. The second kappa shape index (κ2) is 5.17. The minimum absolute atomic E-state index is 0.0292. The van der Waals surface area contributed by atoms with Crippen LogP contribution in [0.1, 0.15) is 16.8 Å². The Morgan fingerprint density at radius 2 is 2.00 bits per heavy atom. The zero-order chi connectivity index (χ0) is 13.3. The molecule has 0 atom stereocenters. The Labute approximate surface area is 116 Å². The van der Waals surface area contributed by atoms with Crippen molar-refractivity contribution in [2.45, 2.75) is 19.7 Å². The molecule has 0 fully saturated rings. The third-order valence-electron chi connectivity index (χ3n) is 2.96. The fourth-order valence-corrected chi connectivity index (χ4v) is 2.26. The molecule has 2 rings (SSSR count). The van der Waals surface area contributed by atoms with Gasteiger partial charge in [-0.2, -0.15) is 0 Å². The largest absolute Gasteiger partial charge is 0.320 e. The summed E-state index contributed by atoms with van der Waals surface area (Å²) in [6.07, 6.45) is 1.78. The van der Waals surface area contributed by atoms with Crippen LogP contribution in [-0.4, -0.2) is 4.57 Å². The molecule has 1 aromatic heterocycles. The number of aromatic nitrogens is 1. The van der Waals surface area contributed by atoms with Crippen LogP contribution in [0.5, 0.6) is 0 Å². The SMILES string of the molecule is Cc1c(Cl)cccc1-n1cc(CCl)c(=O)cc1C. The quantitative estimate of drug-likeness (QED) is 0.767. The van der Waals surface area contributed by atoms with E-state index in [-0.39, 0.29) is 11.3 Å². The highest BCUT2D eigenvalue weighted by Gasteiger charge is 2.08. The minimum Gasteiger partial charge on any atom is -0.320 e. The summed E-state index contributed by atoms with van der Waals surface area (Å²) in [4.78, 5) is 11.7. The molecule has 2 aromatic rings. The first-order valence-corrected chi connectivity index (χ1v) is 6.49. The summed E-state index contributed by atoms with van der Waals surface area (Å²) in [7, 11) is 0. The standard InChI is InChI=1S/C14H13Cl2NO/c1-9-6-14(18)11(7-15)8-17(9)13-5-3-4-12(16)10(13)2/h3-6,8H,7H2,1-2H3. The van der Waals surface area contributed by atoms with Crippen LogP contribution >= 0.6 is 23.2 Å². The Balaban J connectivity index is 2.71. The zero-order valence-corrected chi connectivity index (χ0v) is 11.7. The van der Waals surface area contributed by atoms with E-state index in [1.54, 1.807) is 12.3 Å². The van der Waals surface area contributed by atoms with E-state index >= 15 is 0 Å². The Bertz CT molecular complexity index is 647. The van der Waals surface area contributed by atoms with Gasteiger partial charge in [-0.25, -0.2) is 0 Å². The van der Waals surface area contributed by atoms with Crippen LogP contribution < -0.4 is 5.43 Å². The molecule has 0 spiro atoms. The van der Waals surface area contributed by atoms with Gasteiger partial charge in [0, 0.05) is 34.2 Å². The smallest absolute Gasteiger partial charge is 0.186 e. The Hall–Kier alpha value is -1.25. The lowest BCUT2D eigenvalue weighted by atomic mass is 10.1. The Morgan fingerprint density at radius 1 is 1.28 bits per heavy atom. The van der Waals surface area contributed by atoms with E-state index in [0.717, 1.165) is 16.9 Å². The van der Waals surface area contributed by atoms with Gasteiger partial charge in [-0.3, -0.25) is 4.79 Å². The molecular formula is C14H13Cl2NO. The zero-order valence-electron chi connectivity index (χ0n) is 10.2. The molecular weight excluding hydrogens is 269 g/mol. The first kappa shape index (κ1) is 13.2. The number of halogens is 2. The van der Waals surface area contributed by atoms with Gasteiger partial charge in [0.2, 0.25) is 0 Å². The number of nitrogens with zero attached hydrogens (tertiary/aromatic N) is 1. The topological polar surface area (TPSA) is 22.0 Å². The van der Waals surface area contributed by atoms with Gasteiger partial charge >= 0.3 is 0 Å². The lowest BCUT2D eigenvalue weighted by molar-refractivity contribution is 0.946. The highest BCUT2D eigenvalue weighted by Crippen LogP contribution is 2.23. The third kappa shape index (κ3) is 2.31. The van der Waals surface area contributed by atoms with Crippen molar-refractivity contribution in [3.63, 3.8) is 0 Å². The third-order valence-corrected chi connectivity index (χ3v) is 3.66. The molecule has 0 aliphatic heterocycles.